The lowest BCUT2D eigenvalue weighted by molar-refractivity contribution is -0.384. The minimum Gasteiger partial charge on any atom is -0.490 e. The number of nitrogens with one attached hydrogen (secondary N) is 1. The summed E-state index contributed by atoms with van der Waals surface area (Å²) in [5, 5.41) is 13.6. The van der Waals surface area contributed by atoms with E-state index in [1.54, 1.807) is 31.2 Å². The first-order valence-corrected chi connectivity index (χ1v) is 12.3. The maximum atomic E-state index is 13.2. The number of nitro benzene ring substituents is 1. The van der Waals surface area contributed by atoms with Gasteiger partial charge in [-0.15, -0.1) is 0 Å². The van der Waals surface area contributed by atoms with Gasteiger partial charge < -0.3 is 9.47 Å². The number of carbonyl (C=O) groups is 3. The Labute approximate surface area is 230 Å². The van der Waals surface area contributed by atoms with E-state index in [9.17, 15) is 24.5 Å². The Morgan fingerprint density at radius 2 is 1.82 bits per heavy atom. The van der Waals surface area contributed by atoms with E-state index in [1.807, 2.05) is 12.1 Å². The van der Waals surface area contributed by atoms with Gasteiger partial charge in [0.05, 0.1) is 21.7 Å². The van der Waals surface area contributed by atoms with Crippen LogP contribution in [-0.4, -0.2) is 29.4 Å². The van der Waals surface area contributed by atoms with Crippen molar-refractivity contribution in [2.45, 2.75) is 13.5 Å². The standard InChI is InChI=1S/C26H19BrClN3O7/c1-2-37-22-13-16(12-21(27)23(22)38-14-15-4-3-5-17(28)10-15)11-20-24(32)29-26(34)30(25(20)33)18-6-8-19(9-7-18)31(35)36/h3-13H,2,14H2,1H3,(H,29,32,34)/b20-11+. The van der Waals surface area contributed by atoms with E-state index in [4.69, 9.17) is 21.1 Å². The molecule has 0 aliphatic carbocycles. The van der Waals surface area contributed by atoms with E-state index >= 15 is 0 Å². The van der Waals surface area contributed by atoms with Crippen LogP contribution < -0.4 is 19.7 Å². The van der Waals surface area contributed by atoms with Crippen LogP contribution in [0.4, 0.5) is 16.2 Å². The third kappa shape index (κ3) is 5.84. The van der Waals surface area contributed by atoms with Gasteiger partial charge in [0.1, 0.15) is 12.2 Å². The first kappa shape index (κ1) is 26.8. The molecule has 0 atom stereocenters. The van der Waals surface area contributed by atoms with Crippen molar-refractivity contribution >= 4 is 62.8 Å². The molecule has 1 aliphatic heterocycles. The number of benzene rings is 3. The molecule has 1 saturated heterocycles. The zero-order chi connectivity index (χ0) is 27.4. The van der Waals surface area contributed by atoms with Crippen molar-refractivity contribution < 1.29 is 28.8 Å². The van der Waals surface area contributed by atoms with Crippen LogP contribution in [0.25, 0.3) is 6.08 Å². The molecule has 12 heteroatoms. The van der Waals surface area contributed by atoms with Crippen molar-refractivity contribution in [2.75, 3.05) is 11.5 Å². The Morgan fingerprint density at radius 3 is 2.47 bits per heavy atom. The van der Waals surface area contributed by atoms with E-state index in [-0.39, 0.29) is 23.6 Å². The molecule has 1 aliphatic rings. The van der Waals surface area contributed by atoms with Crippen LogP contribution in [0.3, 0.4) is 0 Å². The molecule has 0 aromatic heterocycles. The van der Waals surface area contributed by atoms with Crippen LogP contribution >= 0.6 is 27.5 Å². The second-order valence-corrected chi connectivity index (χ2v) is 9.20. The van der Waals surface area contributed by atoms with Gasteiger partial charge in [0.2, 0.25) is 0 Å². The molecule has 3 aromatic rings. The van der Waals surface area contributed by atoms with Crippen LogP contribution in [0.2, 0.25) is 5.02 Å². The zero-order valence-corrected chi connectivity index (χ0v) is 22.1. The highest BCUT2D eigenvalue weighted by Crippen LogP contribution is 2.38. The molecular formula is C26H19BrClN3O7. The van der Waals surface area contributed by atoms with E-state index in [0.29, 0.717) is 33.2 Å². The maximum Gasteiger partial charge on any atom is 0.335 e. The third-order valence-electron chi connectivity index (χ3n) is 5.34. The molecule has 0 saturated carbocycles. The molecule has 1 heterocycles. The average molecular weight is 601 g/mol. The number of halogens is 2. The third-order valence-corrected chi connectivity index (χ3v) is 6.16. The minimum atomic E-state index is -0.966. The van der Waals surface area contributed by atoms with Crippen LogP contribution in [0.5, 0.6) is 11.5 Å². The van der Waals surface area contributed by atoms with Gasteiger partial charge in [-0.1, -0.05) is 23.7 Å². The first-order valence-electron chi connectivity index (χ1n) is 11.2. The fourth-order valence-electron chi connectivity index (χ4n) is 3.64. The second-order valence-electron chi connectivity index (χ2n) is 7.91. The number of carbonyl (C=O) groups excluding carboxylic acids is 3. The normalized spacial score (nSPS) is 14.4. The summed E-state index contributed by atoms with van der Waals surface area (Å²) >= 11 is 9.51. The summed E-state index contributed by atoms with van der Waals surface area (Å²) < 4.78 is 12.2. The quantitative estimate of drug-likeness (QED) is 0.153. The molecule has 38 heavy (non-hydrogen) atoms. The molecule has 4 amide bonds. The van der Waals surface area contributed by atoms with E-state index in [2.05, 4.69) is 21.2 Å². The largest absolute Gasteiger partial charge is 0.490 e. The average Bonchev–Trinajstić information content (AvgIpc) is 2.86. The van der Waals surface area contributed by atoms with Gasteiger partial charge in [-0.3, -0.25) is 25.0 Å². The van der Waals surface area contributed by atoms with Crippen molar-refractivity contribution in [3.05, 3.63) is 97.0 Å². The van der Waals surface area contributed by atoms with Crippen molar-refractivity contribution in [2.24, 2.45) is 0 Å². The van der Waals surface area contributed by atoms with Gasteiger partial charge in [-0.25, -0.2) is 9.69 Å². The second kappa shape index (κ2) is 11.4. The number of ether oxygens (including phenoxy) is 2. The molecule has 0 bridgehead atoms. The number of hydrogen-bond donors (Lipinski definition) is 1. The first-order chi connectivity index (χ1) is 18.2. The highest BCUT2D eigenvalue weighted by atomic mass is 79.9. The SMILES string of the molecule is CCOc1cc(/C=C2\C(=O)NC(=O)N(c3ccc([N+](=O)[O-])cc3)C2=O)cc(Br)c1OCc1cccc(Cl)c1. The molecule has 1 N–H and O–H groups in total. The molecule has 0 spiro atoms. The summed E-state index contributed by atoms with van der Waals surface area (Å²) in [5.41, 5.74) is 0.809. The lowest BCUT2D eigenvalue weighted by Gasteiger charge is -2.26. The highest BCUT2D eigenvalue weighted by molar-refractivity contribution is 9.10. The summed E-state index contributed by atoms with van der Waals surface area (Å²) in [4.78, 5) is 49.3. The van der Waals surface area contributed by atoms with Gasteiger partial charge in [0.25, 0.3) is 17.5 Å². The number of barbiturate groups is 1. The number of amides is 4. The predicted octanol–water partition coefficient (Wildman–Crippen LogP) is 5.65. The number of anilines is 1. The molecule has 0 unspecified atom stereocenters. The number of rotatable bonds is 8. The highest BCUT2D eigenvalue weighted by Gasteiger charge is 2.37. The fourth-order valence-corrected chi connectivity index (χ4v) is 4.43. The number of nitro groups is 1. The van der Waals surface area contributed by atoms with Crippen LogP contribution in [0.1, 0.15) is 18.1 Å². The van der Waals surface area contributed by atoms with Crippen molar-refractivity contribution in [1.29, 1.82) is 0 Å². The monoisotopic (exact) mass is 599 g/mol. The Bertz CT molecular complexity index is 1470. The maximum absolute atomic E-state index is 13.2. The zero-order valence-electron chi connectivity index (χ0n) is 19.8. The Morgan fingerprint density at radius 1 is 1.08 bits per heavy atom. The van der Waals surface area contributed by atoms with E-state index in [1.165, 1.54) is 18.2 Å². The number of hydrogen-bond acceptors (Lipinski definition) is 7. The van der Waals surface area contributed by atoms with Crippen LogP contribution in [0.15, 0.2) is 70.7 Å². The van der Waals surface area contributed by atoms with E-state index < -0.39 is 22.8 Å². The summed E-state index contributed by atoms with van der Waals surface area (Å²) in [6.45, 7) is 2.33. The van der Waals surface area contributed by atoms with Gasteiger partial charge in [0, 0.05) is 17.2 Å². The summed E-state index contributed by atoms with van der Waals surface area (Å²) in [7, 11) is 0. The fraction of sp³-hybridized carbons (Fsp3) is 0.115. The lowest BCUT2D eigenvalue weighted by Crippen LogP contribution is -2.54. The number of imide groups is 2. The molecule has 10 nitrogen and oxygen atoms in total. The Kier molecular flexibility index (Phi) is 8.08. The lowest BCUT2D eigenvalue weighted by atomic mass is 10.1. The van der Waals surface area contributed by atoms with Gasteiger partial charge >= 0.3 is 6.03 Å². The smallest absolute Gasteiger partial charge is 0.335 e. The van der Waals surface area contributed by atoms with Gasteiger partial charge in [-0.2, -0.15) is 0 Å². The van der Waals surface area contributed by atoms with Crippen molar-refractivity contribution in [1.82, 2.24) is 5.32 Å². The predicted molar refractivity (Wildman–Crippen MR) is 143 cm³/mol. The molecule has 3 aromatic carbocycles. The topological polar surface area (TPSA) is 128 Å². The number of nitrogens with zero attached hydrogens (tertiary/aromatic N) is 2. The Hall–Kier alpha value is -4.22. The summed E-state index contributed by atoms with van der Waals surface area (Å²) in [6.07, 6.45) is 1.32. The number of non-ortho nitro benzene ring substituents is 1. The van der Waals surface area contributed by atoms with Crippen LogP contribution in [-0.2, 0) is 16.2 Å². The molecule has 1 fully saturated rings. The van der Waals surface area contributed by atoms with Gasteiger partial charge in [-0.05, 0) is 76.5 Å². The van der Waals surface area contributed by atoms with Crippen molar-refractivity contribution in [3.8, 4) is 11.5 Å². The minimum absolute atomic E-state index is 0.0671. The molecular weight excluding hydrogens is 582 g/mol. The van der Waals surface area contributed by atoms with Crippen LogP contribution in [0, 0.1) is 10.1 Å². The Balaban J connectivity index is 1.65. The molecule has 4 rings (SSSR count). The van der Waals surface area contributed by atoms with Gasteiger partial charge in [0.15, 0.2) is 11.5 Å². The summed E-state index contributed by atoms with van der Waals surface area (Å²) in [6, 6.07) is 14.3. The van der Waals surface area contributed by atoms with Crippen molar-refractivity contribution in [3.63, 3.8) is 0 Å². The molecule has 0 radical (unpaired) electrons. The van der Waals surface area contributed by atoms with E-state index in [0.717, 1.165) is 22.6 Å². The summed E-state index contributed by atoms with van der Waals surface area (Å²) in [5.74, 6) is -0.990. The molecule has 194 valence electrons. The number of urea groups is 1.